The molecule has 2 heteroatoms. The summed E-state index contributed by atoms with van der Waals surface area (Å²) in [6.45, 7) is 1.08. The lowest BCUT2D eigenvalue weighted by Crippen LogP contribution is -2.41. The van der Waals surface area contributed by atoms with Crippen molar-refractivity contribution in [3.8, 4) is 6.07 Å². The molecule has 2 heterocycles. The van der Waals surface area contributed by atoms with Gasteiger partial charge in [0.05, 0.1) is 12.1 Å². The predicted octanol–water partition coefficient (Wildman–Crippen LogP) is 3.67. The molecule has 2 aliphatic heterocycles. The lowest BCUT2D eigenvalue weighted by atomic mass is 9.72. The van der Waals surface area contributed by atoms with Crippen LogP contribution in [0.2, 0.25) is 0 Å². The molecule has 2 aromatic carbocycles. The van der Waals surface area contributed by atoms with Gasteiger partial charge in [0.15, 0.2) is 0 Å². The van der Waals surface area contributed by atoms with Crippen LogP contribution in [0.5, 0.6) is 0 Å². The van der Waals surface area contributed by atoms with Gasteiger partial charge in [0.2, 0.25) is 0 Å². The molecule has 1 saturated heterocycles. The van der Waals surface area contributed by atoms with Crippen molar-refractivity contribution in [3.63, 3.8) is 0 Å². The Bertz CT molecular complexity index is 701. The second-order valence-electron chi connectivity index (χ2n) is 6.11. The van der Waals surface area contributed by atoms with Gasteiger partial charge in [-0.25, -0.2) is 0 Å². The summed E-state index contributed by atoms with van der Waals surface area (Å²) in [5.74, 6) is 0. The molecule has 2 aliphatic rings. The highest BCUT2D eigenvalue weighted by Gasteiger charge is 2.52. The van der Waals surface area contributed by atoms with Crippen LogP contribution in [-0.2, 0) is 11.8 Å². The van der Waals surface area contributed by atoms with Crippen LogP contribution in [0.1, 0.15) is 24.0 Å². The van der Waals surface area contributed by atoms with Crippen LogP contribution in [-0.4, -0.2) is 12.6 Å². The second kappa shape index (κ2) is 4.63. The topological polar surface area (TPSA) is 27.0 Å². The summed E-state index contributed by atoms with van der Waals surface area (Å²) in [6.07, 6.45) is 3.12. The monoisotopic (exact) mass is 274 g/mol. The average molecular weight is 274 g/mol. The third kappa shape index (κ3) is 1.70. The van der Waals surface area contributed by atoms with E-state index in [1.54, 1.807) is 0 Å². The fourth-order valence-electron chi connectivity index (χ4n) is 4.15. The Morgan fingerprint density at radius 1 is 1.10 bits per heavy atom. The molecule has 0 bridgehead atoms. The van der Waals surface area contributed by atoms with E-state index in [2.05, 4.69) is 59.5 Å². The third-order valence-electron chi connectivity index (χ3n) is 5.04. The first kappa shape index (κ1) is 12.5. The average Bonchev–Trinajstić information content (AvgIpc) is 3.11. The van der Waals surface area contributed by atoms with E-state index in [1.807, 2.05) is 6.07 Å². The van der Waals surface area contributed by atoms with Crippen LogP contribution < -0.4 is 4.90 Å². The van der Waals surface area contributed by atoms with Gasteiger partial charge in [-0.3, -0.25) is 0 Å². The van der Waals surface area contributed by atoms with Gasteiger partial charge in [0.1, 0.15) is 5.41 Å². The minimum absolute atomic E-state index is 0.333. The standard InChI is InChI=1S/C19H18N2/c20-14-19(13-15-7-2-1-3-8-15)16-9-4-5-10-17(16)21-12-6-11-18(19)21/h1-5,7-10,18H,6,11-13H2/t18-,19-/m0/s1. The van der Waals surface area contributed by atoms with E-state index >= 15 is 0 Å². The lowest BCUT2D eigenvalue weighted by molar-refractivity contribution is 0.458. The summed E-state index contributed by atoms with van der Waals surface area (Å²) in [7, 11) is 0. The van der Waals surface area contributed by atoms with Crippen molar-refractivity contribution >= 4 is 5.69 Å². The lowest BCUT2D eigenvalue weighted by Gasteiger charge is -2.30. The summed E-state index contributed by atoms with van der Waals surface area (Å²) in [5, 5.41) is 10.1. The van der Waals surface area contributed by atoms with Gasteiger partial charge >= 0.3 is 0 Å². The van der Waals surface area contributed by atoms with Gasteiger partial charge < -0.3 is 4.90 Å². The van der Waals surface area contributed by atoms with E-state index in [1.165, 1.54) is 23.2 Å². The Morgan fingerprint density at radius 3 is 2.67 bits per heavy atom. The molecule has 4 rings (SSSR count). The van der Waals surface area contributed by atoms with Gasteiger partial charge in [-0.05, 0) is 36.5 Å². The minimum Gasteiger partial charge on any atom is -0.366 e. The largest absolute Gasteiger partial charge is 0.366 e. The van der Waals surface area contributed by atoms with Crippen molar-refractivity contribution in [3.05, 3.63) is 65.7 Å². The van der Waals surface area contributed by atoms with Gasteiger partial charge in [-0.15, -0.1) is 0 Å². The number of fused-ring (bicyclic) bond motifs is 3. The smallest absolute Gasteiger partial charge is 0.108 e. The van der Waals surface area contributed by atoms with E-state index in [0.29, 0.717) is 6.04 Å². The van der Waals surface area contributed by atoms with Crippen LogP contribution >= 0.6 is 0 Å². The number of para-hydroxylation sites is 1. The molecule has 104 valence electrons. The Hall–Kier alpha value is -2.27. The number of hydrogen-bond acceptors (Lipinski definition) is 2. The normalized spacial score (nSPS) is 26.2. The zero-order valence-corrected chi connectivity index (χ0v) is 12.0. The first-order valence-electron chi connectivity index (χ1n) is 7.66. The van der Waals surface area contributed by atoms with Crippen molar-refractivity contribution < 1.29 is 0 Å². The maximum absolute atomic E-state index is 10.1. The summed E-state index contributed by atoms with van der Waals surface area (Å²) in [5.41, 5.74) is 3.36. The number of anilines is 1. The molecule has 0 unspecified atom stereocenters. The fraction of sp³-hybridized carbons (Fsp3) is 0.316. The van der Waals surface area contributed by atoms with Crippen LogP contribution in [0.15, 0.2) is 54.6 Å². The van der Waals surface area contributed by atoms with Gasteiger partial charge in [-0.1, -0.05) is 48.5 Å². The molecule has 1 fully saturated rings. The number of nitriles is 1. The molecule has 0 spiro atoms. The van der Waals surface area contributed by atoms with E-state index in [9.17, 15) is 5.26 Å². The maximum atomic E-state index is 10.1. The zero-order valence-electron chi connectivity index (χ0n) is 12.0. The number of hydrogen-bond donors (Lipinski definition) is 0. The SMILES string of the molecule is N#C[C@@]1(Cc2ccccc2)c2ccccc2N2CCC[C@H]21. The van der Waals surface area contributed by atoms with Crippen molar-refractivity contribution in [2.45, 2.75) is 30.7 Å². The predicted molar refractivity (Wildman–Crippen MR) is 84.2 cm³/mol. The Kier molecular flexibility index (Phi) is 2.75. The van der Waals surface area contributed by atoms with Crippen molar-refractivity contribution in [1.29, 1.82) is 5.26 Å². The van der Waals surface area contributed by atoms with Crippen LogP contribution in [0, 0.1) is 11.3 Å². The summed E-state index contributed by atoms with van der Waals surface area (Å²) < 4.78 is 0. The van der Waals surface area contributed by atoms with Gasteiger partial charge in [-0.2, -0.15) is 5.26 Å². The van der Waals surface area contributed by atoms with E-state index < -0.39 is 5.41 Å². The number of benzene rings is 2. The van der Waals surface area contributed by atoms with Crippen molar-refractivity contribution in [2.24, 2.45) is 0 Å². The van der Waals surface area contributed by atoms with Crippen LogP contribution in [0.3, 0.4) is 0 Å². The van der Waals surface area contributed by atoms with E-state index in [0.717, 1.165) is 19.4 Å². The zero-order chi connectivity index (χ0) is 14.3. The van der Waals surface area contributed by atoms with Crippen LogP contribution in [0.25, 0.3) is 0 Å². The van der Waals surface area contributed by atoms with Crippen molar-refractivity contribution in [2.75, 3.05) is 11.4 Å². The summed E-state index contributed by atoms with van der Waals surface area (Å²) >= 11 is 0. The van der Waals surface area contributed by atoms with Gasteiger partial charge in [0.25, 0.3) is 0 Å². The third-order valence-corrected chi connectivity index (χ3v) is 5.04. The number of nitrogens with zero attached hydrogens (tertiary/aromatic N) is 2. The fourth-order valence-corrected chi connectivity index (χ4v) is 4.15. The highest BCUT2D eigenvalue weighted by molar-refractivity contribution is 5.68. The summed E-state index contributed by atoms with van der Waals surface area (Å²) in [6, 6.07) is 22.0. The highest BCUT2D eigenvalue weighted by atomic mass is 15.2. The molecule has 2 aromatic rings. The minimum atomic E-state index is -0.394. The second-order valence-corrected chi connectivity index (χ2v) is 6.11. The molecule has 0 N–H and O–H groups in total. The summed E-state index contributed by atoms with van der Waals surface area (Å²) in [4.78, 5) is 2.46. The Morgan fingerprint density at radius 2 is 1.86 bits per heavy atom. The Balaban J connectivity index is 1.85. The molecular weight excluding hydrogens is 256 g/mol. The highest BCUT2D eigenvalue weighted by Crippen LogP contribution is 2.50. The molecule has 21 heavy (non-hydrogen) atoms. The Labute approximate surface area is 125 Å². The van der Waals surface area contributed by atoms with Crippen molar-refractivity contribution in [1.82, 2.24) is 0 Å². The number of rotatable bonds is 2. The first-order chi connectivity index (χ1) is 10.3. The molecular formula is C19H18N2. The molecule has 2 nitrogen and oxygen atoms in total. The maximum Gasteiger partial charge on any atom is 0.108 e. The van der Waals surface area contributed by atoms with E-state index in [4.69, 9.17) is 0 Å². The van der Waals surface area contributed by atoms with Crippen LogP contribution in [0.4, 0.5) is 5.69 Å². The molecule has 2 atom stereocenters. The molecule has 0 saturated carbocycles. The first-order valence-corrected chi connectivity index (χ1v) is 7.66. The quantitative estimate of drug-likeness (QED) is 0.835. The molecule has 0 amide bonds. The van der Waals surface area contributed by atoms with Gasteiger partial charge in [0, 0.05) is 12.2 Å². The van der Waals surface area contributed by atoms with E-state index in [-0.39, 0.29) is 0 Å². The molecule has 0 aromatic heterocycles. The molecule has 0 aliphatic carbocycles. The molecule has 0 radical (unpaired) electrons.